The van der Waals surface area contributed by atoms with E-state index in [1.807, 2.05) is 43.1 Å². The Morgan fingerprint density at radius 1 is 1.35 bits per heavy atom. The first-order valence-corrected chi connectivity index (χ1v) is 7.87. The number of nitrogens with zero attached hydrogens (tertiary/aromatic N) is 4. The summed E-state index contributed by atoms with van der Waals surface area (Å²) in [5.74, 6) is 0.669. The maximum absolute atomic E-state index is 12.7. The van der Waals surface area contributed by atoms with Gasteiger partial charge < -0.3 is 10.0 Å². The molecule has 6 nitrogen and oxygen atoms in total. The van der Waals surface area contributed by atoms with Crippen molar-refractivity contribution in [3.05, 3.63) is 36.2 Å². The number of amides is 1. The van der Waals surface area contributed by atoms with E-state index in [-0.39, 0.29) is 17.9 Å². The van der Waals surface area contributed by atoms with Gasteiger partial charge in [-0.2, -0.15) is 5.10 Å². The molecule has 0 bridgehead atoms. The summed E-state index contributed by atoms with van der Waals surface area (Å²) in [4.78, 5) is 18.7. The van der Waals surface area contributed by atoms with E-state index < -0.39 is 0 Å². The molecule has 122 valence electrons. The number of hydrogen-bond donors (Lipinski definition) is 1. The SMILES string of the molecule is Cn1cnc(-c2ccc(C(=O)N3CCCC(C)(CO)C3)cc2)n1. The standard InChI is InChI=1S/C17H22N4O2/c1-17(11-22)8-3-9-21(10-17)16(23)14-6-4-13(5-7-14)15-18-12-20(2)19-15/h4-7,12,22H,3,8-11H2,1-2H3. The second-order valence-electron chi connectivity index (χ2n) is 6.62. The summed E-state index contributed by atoms with van der Waals surface area (Å²) >= 11 is 0. The first-order chi connectivity index (χ1) is 11.0. The van der Waals surface area contributed by atoms with Crippen LogP contribution >= 0.6 is 0 Å². The average molecular weight is 314 g/mol. The number of likely N-dealkylation sites (tertiary alicyclic amines) is 1. The number of hydrogen-bond acceptors (Lipinski definition) is 4. The molecule has 1 amide bonds. The molecule has 1 fully saturated rings. The van der Waals surface area contributed by atoms with Gasteiger partial charge in [0.1, 0.15) is 6.33 Å². The molecule has 1 N–H and O–H groups in total. The van der Waals surface area contributed by atoms with Crippen LogP contribution in [0.4, 0.5) is 0 Å². The molecule has 0 spiro atoms. The van der Waals surface area contributed by atoms with E-state index in [0.717, 1.165) is 24.9 Å². The number of piperidine rings is 1. The van der Waals surface area contributed by atoms with Gasteiger partial charge >= 0.3 is 0 Å². The fourth-order valence-electron chi connectivity index (χ4n) is 3.03. The highest BCUT2D eigenvalue weighted by molar-refractivity contribution is 5.94. The molecule has 6 heteroatoms. The van der Waals surface area contributed by atoms with Crippen molar-refractivity contribution >= 4 is 5.91 Å². The van der Waals surface area contributed by atoms with Crippen molar-refractivity contribution in [1.82, 2.24) is 19.7 Å². The van der Waals surface area contributed by atoms with Crippen molar-refractivity contribution in [2.75, 3.05) is 19.7 Å². The smallest absolute Gasteiger partial charge is 0.253 e. The molecule has 1 aliphatic rings. The van der Waals surface area contributed by atoms with Gasteiger partial charge in [0.15, 0.2) is 5.82 Å². The lowest BCUT2D eigenvalue weighted by Crippen LogP contribution is -2.46. The molecule has 0 saturated carbocycles. The summed E-state index contributed by atoms with van der Waals surface area (Å²) in [7, 11) is 1.82. The predicted octanol–water partition coefficient (Wildman–Crippen LogP) is 1.72. The number of benzene rings is 1. The molecule has 1 aromatic carbocycles. The van der Waals surface area contributed by atoms with Gasteiger partial charge in [0.2, 0.25) is 0 Å². The highest BCUT2D eigenvalue weighted by Gasteiger charge is 2.32. The highest BCUT2D eigenvalue weighted by Crippen LogP contribution is 2.29. The second kappa shape index (κ2) is 6.12. The van der Waals surface area contributed by atoms with Crippen molar-refractivity contribution in [2.45, 2.75) is 19.8 Å². The molecule has 0 radical (unpaired) electrons. The molecular weight excluding hydrogens is 292 g/mol. The molecule has 1 atom stereocenters. The Balaban J connectivity index is 1.75. The Hall–Kier alpha value is -2.21. The van der Waals surface area contributed by atoms with Crippen LogP contribution in [0.1, 0.15) is 30.1 Å². The third-order valence-corrected chi connectivity index (χ3v) is 4.44. The van der Waals surface area contributed by atoms with Crippen molar-refractivity contribution in [2.24, 2.45) is 12.5 Å². The molecule has 2 heterocycles. The molecule has 3 rings (SSSR count). The van der Waals surface area contributed by atoms with E-state index in [1.165, 1.54) is 0 Å². The zero-order valence-electron chi connectivity index (χ0n) is 13.6. The molecular formula is C17H22N4O2. The Morgan fingerprint density at radius 2 is 2.09 bits per heavy atom. The lowest BCUT2D eigenvalue weighted by molar-refractivity contribution is 0.0358. The van der Waals surface area contributed by atoms with Gasteiger partial charge in [0, 0.05) is 36.7 Å². The van der Waals surface area contributed by atoms with Gasteiger partial charge in [0.05, 0.1) is 6.61 Å². The van der Waals surface area contributed by atoms with Crippen LogP contribution in [-0.4, -0.2) is 50.4 Å². The van der Waals surface area contributed by atoms with Crippen molar-refractivity contribution in [3.63, 3.8) is 0 Å². The molecule has 23 heavy (non-hydrogen) atoms. The van der Waals surface area contributed by atoms with Crippen LogP contribution in [0.3, 0.4) is 0 Å². The van der Waals surface area contributed by atoms with E-state index in [1.54, 1.807) is 11.0 Å². The van der Waals surface area contributed by atoms with Crippen molar-refractivity contribution in [3.8, 4) is 11.4 Å². The van der Waals surface area contributed by atoms with Crippen LogP contribution in [-0.2, 0) is 7.05 Å². The quantitative estimate of drug-likeness (QED) is 0.936. The minimum atomic E-state index is -0.189. The van der Waals surface area contributed by atoms with Crippen LogP contribution in [0.25, 0.3) is 11.4 Å². The van der Waals surface area contributed by atoms with Gasteiger partial charge in [-0.15, -0.1) is 0 Å². The summed E-state index contributed by atoms with van der Waals surface area (Å²) in [5.41, 5.74) is 1.36. The third kappa shape index (κ3) is 3.27. The van der Waals surface area contributed by atoms with E-state index in [2.05, 4.69) is 10.1 Å². The van der Waals surface area contributed by atoms with E-state index in [0.29, 0.717) is 17.9 Å². The van der Waals surface area contributed by atoms with Crippen molar-refractivity contribution in [1.29, 1.82) is 0 Å². The number of aliphatic hydroxyl groups is 1. The van der Waals surface area contributed by atoms with Crippen LogP contribution in [0.15, 0.2) is 30.6 Å². The van der Waals surface area contributed by atoms with E-state index >= 15 is 0 Å². The van der Waals surface area contributed by atoms with Gasteiger partial charge in [-0.3, -0.25) is 9.48 Å². The van der Waals surface area contributed by atoms with Crippen molar-refractivity contribution < 1.29 is 9.90 Å². The molecule has 2 aromatic rings. The minimum Gasteiger partial charge on any atom is -0.396 e. The lowest BCUT2D eigenvalue weighted by atomic mass is 9.82. The van der Waals surface area contributed by atoms with E-state index in [9.17, 15) is 9.90 Å². The Bertz CT molecular complexity index is 695. The molecule has 1 saturated heterocycles. The maximum Gasteiger partial charge on any atom is 0.253 e. The first-order valence-electron chi connectivity index (χ1n) is 7.87. The fraction of sp³-hybridized carbons (Fsp3) is 0.471. The van der Waals surface area contributed by atoms with Gasteiger partial charge in [-0.25, -0.2) is 4.98 Å². The molecule has 0 aliphatic carbocycles. The zero-order chi connectivity index (χ0) is 16.4. The maximum atomic E-state index is 12.7. The molecule has 1 aromatic heterocycles. The third-order valence-electron chi connectivity index (χ3n) is 4.44. The summed E-state index contributed by atoms with van der Waals surface area (Å²) in [5, 5.41) is 13.8. The number of carbonyl (C=O) groups excluding carboxylic acids is 1. The van der Waals surface area contributed by atoms with E-state index in [4.69, 9.17) is 0 Å². The van der Waals surface area contributed by atoms with Crippen LogP contribution in [0, 0.1) is 5.41 Å². The average Bonchev–Trinajstić information content (AvgIpc) is 3.01. The summed E-state index contributed by atoms with van der Waals surface area (Å²) in [6.45, 7) is 3.49. The molecule has 1 unspecified atom stereocenters. The zero-order valence-corrected chi connectivity index (χ0v) is 13.6. The van der Waals surface area contributed by atoms with Gasteiger partial charge in [-0.05, 0) is 25.0 Å². The Kier molecular flexibility index (Phi) is 4.17. The topological polar surface area (TPSA) is 71.2 Å². The van der Waals surface area contributed by atoms with Crippen LogP contribution in [0.2, 0.25) is 0 Å². The predicted molar refractivity (Wildman–Crippen MR) is 86.8 cm³/mol. The Labute approximate surface area is 135 Å². The minimum absolute atomic E-state index is 0.0184. The monoisotopic (exact) mass is 314 g/mol. The second-order valence-corrected chi connectivity index (χ2v) is 6.62. The number of aromatic nitrogens is 3. The lowest BCUT2D eigenvalue weighted by Gasteiger charge is -2.39. The summed E-state index contributed by atoms with van der Waals surface area (Å²) < 4.78 is 1.65. The number of carbonyl (C=O) groups is 1. The largest absolute Gasteiger partial charge is 0.396 e. The number of aliphatic hydroxyl groups excluding tert-OH is 1. The molecule has 1 aliphatic heterocycles. The number of rotatable bonds is 3. The first kappa shape index (κ1) is 15.7. The van der Waals surface area contributed by atoms with Gasteiger partial charge in [-0.1, -0.05) is 19.1 Å². The normalized spacial score (nSPS) is 21.4. The number of aryl methyl sites for hydroxylation is 1. The summed E-state index contributed by atoms with van der Waals surface area (Å²) in [6, 6.07) is 7.38. The van der Waals surface area contributed by atoms with Crippen LogP contribution < -0.4 is 0 Å². The Morgan fingerprint density at radius 3 is 2.70 bits per heavy atom. The fourth-order valence-corrected chi connectivity index (χ4v) is 3.03. The van der Waals surface area contributed by atoms with Gasteiger partial charge in [0.25, 0.3) is 5.91 Å². The van der Waals surface area contributed by atoms with Crippen LogP contribution in [0.5, 0.6) is 0 Å². The highest BCUT2D eigenvalue weighted by atomic mass is 16.3. The summed E-state index contributed by atoms with van der Waals surface area (Å²) in [6.07, 6.45) is 3.54.